The summed E-state index contributed by atoms with van der Waals surface area (Å²) in [5.41, 5.74) is 0.876. The van der Waals surface area contributed by atoms with Crippen molar-refractivity contribution in [2.45, 2.75) is 25.7 Å². The minimum atomic E-state index is -0.394. The van der Waals surface area contributed by atoms with Gasteiger partial charge in [-0.3, -0.25) is 9.78 Å². The summed E-state index contributed by atoms with van der Waals surface area (Å²) in [6, 6.07) is 8.03. The fourth-order valence-electron chi connectivity index (χ4n) is 3.16. The first kappa shape index (κ1) is 16.3. The van der Waals surface area contributed by atoms with Crippen molar-refractivity contribution < 1.29 is 9.53 Å². The van der Waals surface area contributed by atoms with E-state index in [0.29, 0.717) is 6.54 Å². The Bertz CT molecular complexity index is 789. The van der Waals surface area contributed by atoms with Crippen LogP contribution in [0.1, 0.15) is 35.4 Å². The molecule has 1 saturated carbocycles. The standard InChI is InChI=1S/C17H22N4O3/c1-21-16(23)19-14(20-21)15(22)18-11-17(7-4-8-17)10-12-5-3-6-13(9-12)24-2/h3,5-6,9H,4,7-8,10-11H2,1-2H3,(H,18,22)(H,19,20,23). The Balaban J connectivity index is 1.65. The van der Waals surface area contributed by atoms with Gasteiger partial charge in [-0.1, -0.05) is 18.6 Å². The summed E-state index contributed by atoms with van der Waals surface area (Å²) in [6.07, 6.45) is 4.20. The lowest BCUT2D eigenvalue weighted by atomic mass is 9.65. The smallest absolute Gasteiger partial charge is 0.343 e. The monoisotopic (exact) mass is 330 g/mol. The number of aromatic amines is 1. The second kappa shape index (κ2) is 6.51. The lowest BCUT2D eigenvalue weighted by molar-refractivity contribution is 0.0849. The Labute approximate surface area is 140 Å². The summed E-state index contributed by atoms with van der Waals surface area (Å²) < 4.78 is 6.39. The number of aromatic nitrogens is 3. The number of methoxy groups -OCH3 is 1. The summed E-state index contributed by atoms with van der Waals surface area (Å²) >= 11 is 0. The molecule has 0 bridgehead atoms. The third-order valence-electron chi connectivity index (χ3n) is 4.74. The Morgan fingerprint density at radius 2 is 2.25 bits per heavy atom. The highest BCUT2D eigenvalue weighted by molar-refractivity contribution is 5.90. The molecular weight excluding hydrogens is 308 g/mol. The molecule has 1 aromatic heterocycles. The number of aryl methyl sites for hydroxylation is 1. The minimum absolute atomic E-state index is 0.0540. The second-order valence-corrected chi connectivity index (χ2v) is 6.47. The first-order valence-electron chi connectivity index (χ1n) is 8.06. The molecule has 24 heavy (non-hydrogen) atoms. The summed E-state index contributed by atoms with van der Waals surface area (Å²) in [6.45, 7) is 0.571. The molecule has 0 aliphatic heterocycles. The van der Waals surface area contributed by atoms with E-state index in [1.807, 2.05) is 18.2 Å². The number of carbonyl (C=O) groups excluding carboxylic acids is 1. The molecule has 1 aromatic carbocycles. The quantitative estimate of drug-likeness (QED) is 0.834. The number of hydrogen-bond acceptors (Lipinski definition) is 4. The van der Waals surface area contributed by atoms with Gasteiger partial charge in [0.25, 0.3) is 5.91 Å². The Kier molecular flexibility index (Phi) is 4.42. The number of nitrogens with zero attached hydrogens (tertiary/aromatic N) is 2. The van der Waals surface area contributed by atoms with Gasteiger partial charge >= 0.3 is 5.69 Å². The van der Waals surface area contributed by atoms with Crippen LogP contribution in [0.25, 0.3) is 0 Å². The molecule has 1 aliphatic carbocycles. The highest BCUT2D eigenvalue weighted by atomic mass is 16.5. The van der Waals surface area contributed by atoms with Crippen LogP contribution < -0.4 is 15.7 Å². The van der Waals surface area contributed by atoms with Crippen molar-refractivity contribution in [1.29, 1.82) is 0 Å². The molecular formula is C17H22N4O3. The Morgan fingerprint density at radius 3 is 2.83 bits per heavy atom. The van der Waals surface area contributed by atoms with Gasteiger partial charge in [-0.2, -0.15) is 0 Å². The summed E-state index contributed by atoms with van der Waals surface area (Å²) in [5, 5.41) is 6.80. The molecule has 1 amide bonds. The van der Waals surface area contributed by atoms with Gasteiger partial charge in [0, 0.05) is 13.6 Å². The van der Waals surface area contributed by atoms with Crippen molar-refractivity contribution in [3.63, 3.8) is 0 Å². The van der Waals surface area contributed by atoms with E-state index in [1.54, 1.807) is 7.11 Å². The number of benzene rings is 1. The van der Waals surface area contributed by atoms with E-state index in [0.717, 1.165) is 29.7 Å². The lowest BCUT2D eigenvalue weighted by Crippen LogP contribution is -2.44. The van der Waals surface area contributed by atoms with E-state index < -0.39 is 5.69 Å². The SMILES string of the molecule is COc1cccc(CC2(CNC(=O)c3nn(C)c(=O)[nH]3)CCC2)c1. The molecule has 3 rings (SSSR count). The minimum Gasteiger partial charge on any atom is -0.497 e. The van der Waals surface area contributed by atoms with Gasteiger partial charge in [0.05, 0.1) is 7.11 Å². The van der Waals surface area contributed by atoms with Gasteiger partial charge in [0.2, 0.25) is 5.82 Å². The fraction of sp³-hybridized carbons (Fsp3) is 0.471. The van der Waals surface area contributed by atoms with E-state index in [2.05, 4.69) is 21.5 Å². The molecule has 1 fully saturated rings. The predicted molar refractivity (Wildman–Crippen MR) is 89.1 cm³/mol. The van der Waals surface area contributed by atoms with Crippen LogP contribution in [0.15, 0.2) is 29.1 Å². The van der Waals surface area contributed by atoms with Crippen LogP contribution in [0.2, 0.25) is 0 Å². The largest absolute Gasteiger partial charge is 0.497 e. The summed E-state index contributed by atoms with van der Waals surface area (Å²) in [5.74, 6) is 0.556. The number of hydrogen-bond donors (Lipinski definition) is 2. The van der Waals surface area contributed by atoms with Crippen LogP contribution in [-0.4, -0.2) is 34.3 Å². The highest BCUT2D eigenvalue weighted by Gasteiger charge is 2.37. The average Bonchev–Trinajstić information content (AvgIpc) is 2.89. The van der Waals surface area contributed by atoms with Gasteiger partial charge in [0.15, 0.2) is 0 Å². The highest BCUT2D eigenvalue weighted by Crippen LogP contribution is 2.43. The zero-order valence-electron chi connectivity index (χ0n) is 14.0. The Hall–Kier alpha value is -2.57. The molecule has 7 nitrogen and oxygen atoms in total. The van der Waals surface area contributed by atoms with Crippen LogP contribution in [-0.2, 0) is 13.5 Å². The lowest BCUT2D eigenvalue weighted by Gasteiger charge is -2.42. The number of amides is 1. The third-order valence-corrected chi connectivity index (χ3v) is 4.74. The molecule has 7 heteroatoms. The van der Waals surface area contributed by atoms with Crippen molar-refractivity contribution in [3.8, 4) is 5.75 Å². The molecule has 128 valence electrons. The summed E-state index contributed by atoms with van der Waals surface area (Å²) in [7, 11) is 3.16. The van der Waals surface area contributed by atoms with Crippen LogP contribution in [0.5, 0.6) is 5.75 Å². The van der Waals surface area contributed by atoms with E-state index in [-0.39, 0.29) is 17.1 Å². The molecule has 0 unspecified atom stereocenters. The zero-order chi connectivity index (χ0) is 17.2. The second-order valence-electron chi connectivity index (χ2n) is 6.47. The van der Waals surface area contributed by atoms with Crippen molar-refractivity contribution in [2.75, 3.05) is 13.7 Å². The molecule has 0 radical (unpaired) electrons. The molecule has 0 atom stereocenters. The Morgan fingerprint density at radius 1 is 1.46 bits per heavy atom. The van der Waals surface area contributed by atoms with Crippen molar-refractivity contribution in [2.24, 2.45) is 12.5 Å². The third kappa shape index (κ3) is 3.34. The number of H-pyrrole nitrogens is 1. The number of ether oxygens (including phenoxy) is 1. The summed E-state index contributed by atoms with van der Waals surface area (Å²) in [4.78, 5) is 26.0. The first-order valence-corrected chi connectivity index (χ1v) is 8.06. The van der Waals surface area contributed by atoms with Gasteiger partial charge in [-0.25, -0.2) is 9.48 Å². The van der Waals surface area contributed by atoms with E-state index in [4.69, 9.17) is 4.74 Å². The number of nitrogens with one attached hydrogen (secondary N) is 2. The van der Waals surface area contributed by atoms with Crippen molar-refractivity contribution in [3.05, 3.63) is 46.1 Å². The van der Waals surface area contributed by atoms with Crippen molar-refractivity contribution >= 4 is 5.91 Å². The molecule has 0 spiro atoms. The molecule has 0 saturated heterocycles. The maximum absolute atomic E-state index is 12.2. The van der Waals surface area contributed by atoms with Crippen LogP contribution >= 0.6 is 0 Å². The van der Waals surface area contributed by atoms with Gasteiger partial charge in [-0.15, -0.1) is 5.10 Å². The predicted octanol–water partition coefficient (Wildman–Crippen LogP) is 1.26. The van der Waals surface area contributed by atoms with Gasteiger partial charge < -0.3 is 10.1 Å². The topological polar surface area (TPSA) is 89.0 Å². The first-order chi connectivity index (χ1) is 11.5. The van der Waals surface area contributed by atoms with Gasteiger partial charge in [0.1, 0.15) is 5.75 Å². The van der Waals surface area contributed by atoms with E-state index in [1.165, 1.54) is 19.0 Å². The molecule has 1 aliphatic rings. The maximum atomic E-state index is 12.2. The zero-order valence-corrected chi connectivity index (χ0v) is 14.0. The average molecular weight is 330 g/mol. The number of rotatable bonds is 6. The van der Waals surface area contributed by atoms with Crippen LogP contribution in [0.3, 0.4) is 0 Å². The molecule has 2 N–H and O–H groups in total. The van der Waals surface area contributed by atoms with E-state index in [9.17, 15) is 9.59 Å². The molecule has 2 aromatic rings. The normalized spacial score (nSPS) is 15.6. The molecule has 1 heterocycles. The fourth-order valence-corrected chi connectivity index (χ4v) is 3.16. The number of carbonyl (C=O) groups is 1. The maximum Gasteiger partial charge on any atom is 0.343 e. The van der Waals surface area contributed by atoms with Crippen LogP contribution in [0, 0.1) is 5.41 Å². The van der Waals surface area contributed by atoms with Crippen molar-refractivity contribution in [1.82, 2.24) is 20.1 Å². The van der Waals surface area contributed by atoms with Crippen LogP contribution in [0.4, 0.5) is 0 Å². The van der Waals surface area contributed by atoms with E-state index >= 15 is 0 Å². The van der Waals surface area contributed by atoms with Gasteiger partial charge in [-0.05, 0) is 42.4 Å².